The van der Waals surface area contributed by atoms with Gasteiger partial charge in [0.25, 0.3) is 10.0 Å². The highest BCUT2D eigenvalue weighted by Crippen LogP contribution is 2.48. The fourth-order valence-electron chi connectivity index (χ4n) is 3.64. The van der Waals surface area contributed by atoms with Crippen LogP contribution in [0.4, 0.5) is 0 Å². The summed E-state index contributed by atoms with van der Waals surface area (Å²) in [5.74, 6) is 1.99. The van der Waals surface area contributed by atoms with Crippen LogP contribution in [0.1, 0.15) is 32.6 Å². The second-order valence-corrected chi connectivity index (χ2v) is 8.66. The normalized spacial score (nSPS) is 28.9. The topological polar surface area (TPSA) is 58.5 Å². The average Bonchev–Trinajstić information content (AvgIpc) is 3.08. The van der Waals surface area contributed by atoms with Crippen LogP contribution in [0.2, 0.25) is 0 Å². The molecule has 0 unspecified atom stereocenters. The van der Waals surface area contributed by atoms with Crippen LogP contribution in [0.25, 0.3) is 0 Å². The molecule has 0 aliphatic heterocycles. The van der Waals surface area contributed by atoms with Crippen molar-refractivity contribution in [3.05, 3.63) is 28.7 Å². The molecule has 3 atom stereocenters. The van der Waals surface area contributed by atoms with Gasteiger partial charge in [0.05, 0.1) is 4.90 Å². The minimum atomic E-state index is -3.57. The number of rotatable bonds is 4. The summed E-state index contributed by atoms with van der Waals surface area (Å²) in [5.41, 5.74) is 0.919. The van der Waals surface area contributed by atoms with Crippen LogP contribution in [0.15, 0.2) is 38.7 Å². The molecule has 21 heavy (non-hydrogen) atoms. The van der Waals surface area contributed by atoms with Gasteiger partial charge in [-0.1, -0.05) is 22.4 Å². The Kier molecular flexibility index (Phi) is 4.10. The maximum Gasteiger partial charge on any atom is 0.276 e. The molecule has 2 aliphatic rings. The van der Waals surface area contributed by atoms with Gasteiger partial charge in [0.15, 0.2) is 0 Å². The van der Waals surface area contributed by atoms with Crippen molar-refractivity contribution >= 4 is 31.7 Å². The summed E-state index contributed by atoms with van der Waals surface area (Å²) >= 11 is 3.29. The van der Waals surface area contributed by atoms with Gasteiger partial charge in [0.2, 0.25) is 0 Å². The van der Waals surface area contributed by atoms with Crippen LogP contribution in [0.3, 0.4) is 0 Å². The minimum absolute atomic E-state index is 0.232. The quantitative estimate of drug-likeness (QED) is 0.650. The third kappa shape index (κ3) is 3.16. The molecule has 1 N–H and O–H groups in total. The molecule has 0 aromatic heterocycles. The van der Waals surface area contributed by atoms with Crippen LogP contribution in [-0.2, 0) is 10.0 Å². The Labute approximate surface area is 134 Å². The number of sulfonamides is 1. The summed E-state index contributed by atoms with van der Waals surface area (Å²) < 4.78 is 25.2. The molecule has 114 valence electrons. The van der Waals surface area contributed by atoms with Crippen LogP contribution in [0.5, 0.6) is 0 Å². The second kappa shape index (κ2) is 5.72. The molecule has 0 radical (unpaired) electrons. The van der Waals surface area contributed by atoms with Gasteiger partial charge in [0.1, 0.15) is 0 Å². The molecule has 6 heteroatoms. The standard InChI is InChI=1S/C15H19BrN2O2S/c1-10(15-9-11-2-3-12(15)8-11)17-18-21(19,20)14-6-4-13(16)5-7-14/h4-7,11-12,15,18H,2-3,8-9H2,1H3/b17-10-/t11-,12-,15+/m0/s1. The van der Waals surface area contributed by atoms with E-state index >= 15 is 0 Å². The van der Waals surface area contributed by atoms with E-state index in [0.717, 1.165) is 16.1 Å². The zero-order valence-electron chi connectivity index (χ0n) is 11.9. The molecule has 0 heterocycles. The predicted molar refractivity (Wildman–Crippen MR) is 86.5 cm³/mol. The largest absolute Gasteiger partial charge is 0.276 e. The lowest BCUT2D eigenvalue weighted by atomic mass is 9.86. The molecule has 4 nitrogen and oxygen atoms in total. The highest BCUT2D eigenvalue weighted by atomic mass is 79.9. The van der Waals surface area contributed by atoms with Gasteiger partial charge in [0, 0.05) is 16.1 Å². The lowest BCUT2D eigenvalue weighted by molar-refractivity contribution is 0.413. The maximum atomic E-state index is 12.2. The first-order valence-corrected chi connectivity index (χ1v) is 9.55. The lowest BCUT2D eigenvalue weighted by Crippen LogP contribution is -2.24. The Balaban J connectivity index is 1.71. The van der Waals surface area contributed by atoms with Crippen molar-refractivity contribution in [2.24, 2.45) is 22.9 Å². The summed E-state index contributed by atoms with van der Waals surface area (Å²) in [5, 5.41) is 4.16. The molecule has 3 rings (SSSR count). The number of hydrogen-bond donors (Lipinski definition) is 1. The summed E-state index contributed by atoms with van der Waals surface area (Å²) in [7, 11) is -3.57. The van der Waals surface area contributed by atoms with E-state index in [9.17, 15) is 8.42 Å². The van der Waals surface area contributed by atoms with E-state index in [-0.39, 0.29) is 4.90 Å². The average molecular weight is 371 g/mol. The molecule has 0 spiro atoms. The van der Waals surface area contributed by atoms with Crippen LogP contribution >= 0.6 is 15.9 Å². The zero-order chi connectivity index (χ0) is 15.0. The number of nitrogens with zero attached hydrogens (tertiary/aromatic N) is 1. The van der Waals surface area contributed by atoms with Gasteiger partial charge in [-0.3, -0.25) is 0 Å². The lowest BCUT2D eigenvalue weighted by Gasteiger charge is -2.21. The van der Waals surface area contributed by atoms with Gasteiger partial charge in [-0.15, -0.1) is 0 Å². The fourth-order valence-corrected chi connectivity index (χ4v) is 4.77. The highest BCUT2D eigenvalue weighted by Gasteiger charge is 2.40. The van der Waals surface area contributed by atoms with E-state index in [4.69, 9.17) is 0 Å². The van der Waals surface area contributed by atoms with Gasteiger partial charge >= 0.3 is 0 Å². The molecule has 0 saturated heterocycles. The monoisotopic (exact) mass is 370 g/mol. The molecule has 0 amide bonds. The van der Waals surface area contributed by atoms with Crippen molar-refractivity contribution in [3.63, 3.8) is 0 Å². The van der Waals surface area contributed by atoms with E-state index in [1.165, 1.54) is 25.7 Å². The van der Waals surface area contributed by atoms with Gasteiger partial charge in [-0.05, 0) is 62.3 Å². The van der Waals surface area contributed by atoms with E-state index in [0.29, 0.717) is 11.8 Å². The number of nitrogens with one attached hydrogen (secondary N) is 1. The molecular weight excluding hydrogens is 352 g/mol. The number of hydrogen-bond acceptors (Lipinski definition) is 3. The Morgan fingerprint density at radius 1 is 1.24 bits per heavy atom. The van der Waals surface area contributed by atoms with Crippen molar-refractivity contribution in [3.8, 4) is 0 Å². The van der Waals surface area contributed by atoms with Crippen molar-refractivity contribution in [2.45, 2.75) is 37.5 Å². The molecule has 1 aromatic carbocycles. The molecule has 2 fully saturated rings. The van der Waals surface area contributed by atoms with Crippen molar-refractivity contribution in [1.29, 1.82) is 0 Å². The Hall–Kier alpha value is -0.880. The molecule has 2 saturated carbocycles. The maximum absolute atomic E-state index is 12.2. The summed E-state index contributed by atoms with van der Waals surface area (Å²) in [6, 6.07) is 6.55. The van der Waals surface area contributed by atoms with E-state index in [2.05, 4.69) is 25.9 Å². The third-order valence-corrected chi connectivity index (χ3v) is 6.49. The molecule has 2 aliphatic carbocycles. The van der Waals surface area contributed by atoms with E-state index < -0.39 is 10.0 Å². The number of benzene rings is 1. The Bertz CT molecular complexity index is 655. The molecular formula is C15H19BrN2O2S. The molecule has 1 aromatic rings. The zero-order valence-corrected chi connectivity index (χ0v) is 14.3. The van der Waals surface area contributed by atoms with E-state index in [1.54, 1.807) is 24.3 Å². The molecule has 2 bridgehead atoms. The minimum Gasteiger partial charge on any atom is -0.200 e. The Morgan fingerprint density at radius 3 is 2.52 bits per heavy atom. The first-order chi connectivity index (χ1) is 9.95. The van der Waals surface area contributed by atoms with Crippen LogP contribution in [0, 0.1) is 17.8 Å². The van der Waals surface area contributed by atoms with Crippen LogP contribution in [-0.4, -0.2) is 14.1 Å². The highest BCUT2D eigenvalue weighted by molar-refractivity contribution is 9.10. The summed E-state index contributed by atoms with van der Waals surface area (Å²) in [6.07, 6.45) is 5.05. The summed E-state index contributed by atoms with van der Waals surface area (Å²) in [4.78, 5) is 2.61. The van der Waals surface area contributed by atoms with Crippen molar-refractivity contribution < 1.29 is 8.42 Å². The van der Waals surface area contributed by atoms with Gasteiger partial charge in [-0.2, -0.15) is 13.5 Å². The van der Waals surface area contributed by atoms with Gasteiger partial charge in [-0.25, -0.2) is 4.83 Å². The first kappa shape index (κ1) is 15.0. The van der Waals surface area contributed by atoms with Gasteiger partial charge < -0.3 is 0 Å². The number of halogens is 1. The first-order valence-electron chi connectivity index (χ1n) is 7.27. The fraction of sp³-hybridized carbons (Fsp3) is 0.533. The second-order valence-electron chi connectivity index (χ2n) is 6.08. The number of hydrazone groups is 1. The van der Waals surface area contributed by atoms with Crippen molar-refractivity contribution in [2.75, 3.05) is 0 Å². The summed E-state index contributed by atoms with van der Waals surface area (Å²) in [6.45, 7) is 1.94. The van der Waals surface area contributed by atoms with Crippen LogP contribution < -0.4 is 4.83 Å². The number of fused-ring (bicyclic) bond motifs is 2. The SMILES string of the molecule is C/C(=N/NS(=O)(=O)c1ccc(Br)cc1)[C@H]1C[C@H]2CC[C@H]1C2. The third-order valence-electron chi connectivity index (χ3n) is 4.74. The predicted octanol–water partition coefficient (Wildman–Crippen LogP) is 3.54. The smallest absolute Gasteiger partial charge is 0.200 e. The van der Waals surface area contributed by atoms with Crippen molar-refractivity contribution in [1.82, 2.24) is 4.83 Å². The van der Waals surface area contributed by atoms with E-state index in [1.807, 2.05) is 6.92 Å². The Morgan fingerprint density at radius 2 is 1.95 bits per heavy atom.